The summed E-state index contributed by atoms with van der Waals surface area (Å²) in [6, 6.07) is 10.3. The van der Waals surface area contributed by atoms with Gasteiger partial charge in [0.1, 0.15) is 0 Å². The summed E-state index contributed by atoms with van der Waals surface area (Å²) in [6.07, 6.45) is 0.412. The van der Waals surface area contributed by atoms with Crippen LogP contribution in [-0.2, 0) is 11.2 Å². The Balaban J connectivity index is 2.26. The lowest BCUT2D eigenvalue weighted by atomic mass is 10.1. The third-order valence-electron chi connectivity index (χ3n) is 2.08. The van der Waals surface area contributed by atoms with Gasteiger partial charge in [-0.25, -0.2) is 10.2 Å². The Hall–Kier alpha value is -1.55. The van der Waals surface area contributed by atoms with Crippen molar-refractivity contribution in [3.8, 4) is 0 Å². The molecule has 88 valence electrons. The largest absolute Gasteiger partial charge is 0.449 e. The van der Waals surface area contributed by atoms with Gasteiger partial charge in [0, 0.05) is 6.04 Å². The van der Waals surface area contributed by atoms with Crippen molar-refractivity contribution in [3.63, 3.8) is 0 Å². The molecule has 1 aromatic carbocycles. The van der Waals surface area contributed by atoms with Crippen molar-refractivity contribution in [2.45, 2.75) is 26.3 Å². The zero-order valence-corrected chi connectivity index (χ0v) is 9.69. The van der Waals surface area contributed by atoms with Gasteiger partial charge in [-0.3, -0.25) is 5.43 Å². The number of amides is 1. The molecule has 0 aliphatic rings. The minimum Gasteiger partial charge on any atom is -0.449 e. The third-order valence-corrected chi connectivity index (χ3v) is 2.08. The second kappa shape index (κ2) is 6.85. The molecule has 4 heteroatoms. The number of carbonyl (C=O) groups excluding carboxylic acids is 1. The third kappa shape index (κ3) is 4.79. The van der Waals surface area contributed by atoms with E-state index in [0.29, 0.717) is 6.61 Å². The van der Waals surface area contributed by atoms with Crippen molar-refractivity contribution in [3.05, 3.63) is 35.9 Å². The van der Waals surface area contributed by atoms with Crippen molar-refractivity contribution >= 4 is 6.09 Å². The van der Waals surface area contributed by atoms with Crippen LogP contribution in [-0.4, -0.2) is 18.7 Å². The second-order valence-corrected chi connectivity index (χ2v) is 3.58. The molecule has 4 nitrogen and oxygen atoms in total. The minimum atomic E-state index is -0.442. The number of hydrogen-bond donors (Lipinski definition) is 2. The Bertz CT molecular complexity index is 314. The molecule has 0 aliphatic heterocycles. The molecule has 1 rings (SSSR count). The Morgan fingerprint density at radius 3 is 2.69 bits per heavy atom. The molecule has 0 fully saturated rings. The number of hydrazine groups is 1. The maximum atomic E-state index is 11.0. The zero-order chi connectivity index (χ0) is 11.8. The highest BCUT2D eigenvalue weighted by Crippen LogP contribution is 2.01. The molecule has 0 aliphatic carbocycles. The van der Waals surface area contributed by atoms with E-state index in [-0.39, 0.29) is 6.04 Å². The summed E-state index contributed by atoms with van der Waals surface area (Å²) in [5.41, 5.74) is 6.61. The minimum absolute atomic E-state index is 0.159. The fraction of sp³-hybridized carbons (Fsp3) is 0.417. The first-order valence-corrected chi connectivity index (χ1v) is 5.44. The first kappa shape index (κ1) is 12.5. The highest BCUT2D eigenvalue weighted by molar-refractivity contribution is 5.66. The van der Waals surface area contributed by atoms with Gasteiger partial charge in [-0.05, 0) is 25.8 Å². The van der Waals surface area contributed by atoms with Crippen LogP contribution in [0.5, 0.6) is 0 Å². The van der Waals surface area contributed by atoms with Crippen molar-refractivity contribution in [2.24, 2.45) is 0 Å². The van der Waals surface area contributed by atoms with Gasteiger partial charge in [-0.1, -0.05) is 30.3 Å². The predicted molar refractivity (Wildman–Crippen MR) is 62.9 cm³/mol. The Labute approximate surface area is 96.0 Å². The summed E-state index contributed by atoms with van der Waals surface area (Å²) in [5.74, 6) is 0. The molecule has 2 N–H and O–H groups in total. The highest BCUT2D eigenvalue weighted by atomic mass is 16.5. The summed E-state index contributed by atoms with van der Waals surface area (Å²) < 4.78 is 4.73. The van der Waals surface area contributed by atoms with Crippen LogP contribution in [0.1, 0.15) is 19.4 Å². The number of hydrogen-bond acceptors (Lipinski definition) is 3. The first-order valence-electron chi connectivity index (χ1n) is 5.44. The number of carbonyl (C=O) groups is 1. The van der Waals surface area contributed by atoms with Crippen LogP contribution in [0, 0.1) is 0 Å². The lowest BCUT2D eigenvalue weighted by molar-refractivity contribution is 0.145. The normalized spacial score (nSPS) is 11.9. The summed E-state index contributed by atoms with van der Waals surface area (Å²) in [5, 5.41) is 0. The first-order chi connectivity index (χ1) is 7.72. The van der Waals surface area contributed by atoms with Crippen LogP contribution < -0.4 is 10.9 Å². The van der Waals surface area contributed by atoms with E-state index in [1.165, 1.54) is 5.56 Å². The summed E-state index contributed by atoms with van der Waals surface area (Å²) >= 11 is 0. The van der Waals surface area contributed by atoms with Crippen LogP contribution in [0.3, 0.4) is 0 Å². The van der Waals surface area contributed by atoms with E-state index in [1.54, 1.807) is 6.92 Å². The molecule has 1 aromatic rings. The van der Waals surface area contributed by atoms with Gasteiger partial charge >= 0.3 is 6.09 Å². The predicted octanol–water partition coefficient (Wildman–Crippen LogP) is 1.87. The van der Waals surface area contributed by atoms with Gasteiger partial charge in [0.05, 0.1) is 6.61 Å². The van der Waals surface area contributed by atoms with Gasteiger partial charge in [-0.2, -0.15) is 0 Å². The van der Waals surface area contributed by atoms with E-state index in [2.05, 4.69) is 23.0 Å². The van der Waals surface area contributed by atoms with Gasteiger partial charge in [-0.15, -0.1) is 0 Å². The summed E-state index contributed by atoms with van der Waals surface area (Å²) in [4.78, 5) is 11.0. The zero-order valence-electron chi connectivity index (χ0n) is 9.69. The van der Waals surface area contributed by atoms with Crippen LogP contribution in [0.15, 0.2) is 30.3 Å². The SMILES string of the molecule is CCOC(=O)NNC(C)Cc1ccccc1. The van der Waals surface area contributed by atoms with E-state index in [9.17, 15) is 4.79 Å². The van der Waals surface area contributed by atoms with Crippen molar-refractivity contribution in [1.82, 2.24) is 10.9 Å². The van der Waals surface area contributed by atoms with E-state index in [4.69, 9.17) is 4.74 Å². The molecule has 1 amide bonds. The molecule has 16 heavy (non-hydrogen) atoms. The van der Waals surface area contributed by atoms with E-state index in [1.807, 2.05) is 25.1 Å². The molecule has 1 atom stereocenters. The smallest absolute Gasteiger partial charge is 0.421 e. The maximum Gasteiger partial charge on any atom is 0.421 e. The molecule has 1 unspecified atom stereocenters. The van der Waals surface area contributed by atoms with E-state index < -0.39 is 6.09 Å². The van der Waals surface area contributed by atoms with Gasteiger partial charge in [0.2, 0.25) is 0 Å². The lowest BCUT2D eigenvalue weighted by Gasteiger charge is -2.14. The monoisotopic (exact) mass is 222 g/mol. The topological polar surface area (TPSA) is 50.4 Å². The summed E-state index contributed by atoms with van der Waals surface area (Å²) in [7, 11) is 0. The molecule has 0 radical (unpaired) electrons. The molecule has 0 bridgehead atoms. The van der Waals surface area contributed by atoms with Crippen LogP contribution in [0.4, 0.5) is 4.79 Å². The van der Waals surface area contributed by atoms with E-state index in [0.717, 1.165) is 6.42 Å². The maximum absolute atomic E-state index is 11.0. The number of nitrogens with one attached hydrogen (secondary N) is 2. The quantitative estimate of drug-likeness (QED) is 0.748. The summed E-state index contributed by atoms with van der Waals surface area (Å²) in [6.45, 7) is 4.15. The Kier molecular flexibility index (Phi) is 5.36. The van der Waals surface area contributed by atoms with Crippen LogP contribution in [0.2, 0.25) is 0 Å². The van der Waals surface area contributed by atoms with Gasteiger partial charge in [0.15, 0.2) is 0 Å². The van der Waals surface area contributed by atoms with Gasteiger partial charge < -0.3 is 4.74 Å². The average Bonchev–Trinajstić information content (AvgIpc) is 2.28. The highest BCUT2D eigenvalue weighted by Gasteiger charge is 2.05. The van der Waals surface area contributed by atoms with Crippen LogP contribution in [0.25, 0.3) is 0 Å². The molecule has 0 saturated heterocycles. The Morgan fingerprint density at radius 2 is 2.06 bits per heavy atom. The molecule has 0 spiro atoms. The fourth-order valence-electron chi connectivity index (χ4n) is 1.37. The van der Waals surface area contributed by atoms with Crippen LogP contribution >= 0.6 is 0 Å². The molecule has 0 heterocycles. The van der Waals surface area contributed by atoms with Gasteiger partial charge in [0.25, 0.3) is 0 Å². The molecular weight excluding hydrogens is 204 g/mol. The molecule has 0 saturated carbocycles. The standard InChI is InChI=1S/C12H18N2O2/c1-3-16-12(15)14-13-10(2)9-11-7-5-4-6-8-11/h4-8,10,13H,3,9H2,1-2H3,(H,14,15). The molecular formula is C12H18N2O2. The fourth-order valence-corrected chi connectivity index (χ4v) is 1.37. The molecule has 0 aromatic heterocycles. The average molecular weight is 222 g/mol. The second-order valence-electron chi connectivity index (χ2n) is 3.58. The van der Waals surface area contributed by atoms with Crippen molar-refractivity contribution < 1.29 is 9.53 Å². The number of rotatable bonds is 5. The number of ether oxygens (including phenoxy) is 1. The van der Waals surface area contributed by atoms with Crippen molar-refractivity contribution in [2.75, 3.05) is 6.61 Å². The van der Waals surface area contributed by atoms with Crippen molar-refractivity contribution in [1.29, 1.82) is 0 Å². The lowest BCUT2D eigenvalue weighted by Crippen LogP contribution is -2.44. The van der Waals surface area contributed by atoms with E-state index >= 15 is 0 Å². The number of benzene rings is 1. The Morgan fingerprint density at radius 1 is 1.38 bits per heavy atom.